The molecule has 1 N–H and O–H groups in total. The fourth-order valence-electron chi connectivity index (χ4n) is 2.86. The molecule has 0 saturated carbocycles. The molecule has 2 aromatic rings. The Hall–Kier alpha value is -2.27. The Kier molecular flexibility index (Phi) is 5.20. The number of nitrogens with zero attached hydrogens (tertiary/aromatic N) is 1. The summed E-state index contributed by atoms with van der Waals surface area (Å²) < 4.78 is 4.95. The molecule has 1 saturated heterocycles. The number of hydrogen-bond donors (Lipinski definition) is 1. The van der Waals surface area contributed by atoms with Crippen LogP contribution in [0.3, 0.4) is 0 Å². The smallest absolute Gasteiger partial charge is 0.257 e. The Morgan fingerprint density at radius 2 is 1.88 bits per heavy atom. The van der Waals surface area contributed by atoms with Crippen molar-refractivity contribution in [3.8, 4) is 0 Å². The molecular formula is C18H19ClN2O3. The number of carbonyl (C=O) groups excluding carboxylic acids is 2. The largest absolute Gasteiger partial charge is 0.472 e. The lowest BCUT2D eigenvalue weighted by Gasteiger charge is -2.32. The highest BCUT2D eigenvalue weighted by molar-refractivity contribution is 6.30. The second kappa shape index (κ2) is 7.53. The van der Waals surface area contributed by atoms with Crippen molar-refractivity contribution in [2.45, 2.75) is 25.3 Å². The van der Waals surface area contributed by atoms with Gasteiger partial charge in [-0.25, -0.2) is 0 Å². The second-order valence-corrected chi connectivity index (χ2v) is 6.39. The van der Waals surface area contributed by atoms with Gasteiger partial charge in [-0.2, -0.15) is 0 Å². The average Bonchev–Trinajstić information content (AvgIpc) is 3.11. The van der Waals surface area contributed by atoms with Gasteiger partial charge < -0.3 is 14.6 Å². The number of amides is 2. The topological polar surface area (TPSA) is 62.6 Å². The fourth-order valence-corrected chi connectivity index (χ4v) is 2.99. The Morgan fingerprint density at radius 3 is 2.50 bits per heavy atom. The zero-order valence-corrected chi connectivity index (χ0v) is 14.0. The van der Waals surface area contributed by atoms with Crippen molar-refractivity contribution in [2.75, 3.05) is 13.1 Å². The highest BCUT2D eigenvalue weighted by atomic mass is 35.5. The summed E-state index contributed by atoms with van der Waals surface area (Å²) in [6.07, 6.45) is 4.82. The maximum atomic E-state index is 12.2. The minimum Gasteiger partial charge on any atom is -0.472 e. The second-order valence-electron chi connectivity index (χ2n) is 5.95. The van der Waals surface area contributed by atoms with Crippen LogP contribution in [-0.2, 0) is 11.2 Å². The summed E-state index contributed by atoms with van der Waals surface area (Å²) in [6, 6.07) is 9.05. The van der Waals surface area contributed by atoms with Crippen LogP contribution in [0.25, 0.3) is 0 Å². The third kappa shape index (κ3) is 4.17. The van der Waals surface area contributed by atoms with Crippen LogP contribution in [0.2, 0.25) is 5.02 Å². The molecule has 6 heteroatoms. The number of likely N-dealkylation sites (tertiary alicyclic amines) is 1. The maximum Gasteiger partial charge on any atom is 0.257 e. The summed E-state index contributed by atoms with van der Waals surface area (Å²) in [5, 5.41) is 3.71. The first kappa shape index (κ1) is 16.6. The Morgan fingerprint density at radius 1 is 1.17 bits per heavy atom. The Balaban J connectivity index is 1.46. The van der Waals surface area contributed by atoms with Crippen molar-refractivity contribution < 1.29 is 14.0 Å². The van der Waals surface area contributed by atoms with Crippen LogP contribution in [0.1, 0.15) is 28.8 Å². The zero-order valence-electron chi connectivity index (χ0n) is 13.2. The summed E-state index contributed by atoms with van der Waals surface area (Å²) in [5.41, 5.74) is 1.50. The molecular weight excluding hydrogens is 328 g/mol. The molecule has 2 heterocycles. The summed E-state index contributed by atoms with van der Waals surface area (Å²) in [6.45, 7) is 1.27. The summed E-state index contributed by atoms with van der Waals surface area (Å²) >= 11 is 5.84. The van der Waals surface area contributed by atoms with E-state index in [2.05, 4.69) is 5.32 Å². The number of rotatable bonds is 4. The van der Waals surface area contributed by atoms with Crippen molar-refractivity contribution in [1.82, 2.24) is 10.2 Å². The van der Waals surface area contributed by atoms with Gasteiger partial charge in [-0.3, -0.25) is 9.59 Å². The first-order chi connectivity index (χ1) is 11.6. The predicted octanol–water partition coefficient (Wildman–Crippen LogP) is 2.90. The maximum absolute atomic E-state index is 12.2. The number of furan rings is 1. The van der Waals surface area contributed by atoms with Crippen molar-refractivity contribution in [1.29, 1.82) is 0 Å². The minimum absolute atomic E-state index is 0.00284. The third-order valence-electron chi connectivity index (χ3n) is 4.19. The third-order valence-corrected chi connectivity index (χ3v) is 4.45. The van der Waals surface area contributed by atoms with E-state index in [0.29, 0.717) is 30.1 Å². The normalized spacial score (nSPS) is 15.3. The molecule has 0 bridgehead atoms. The fraction of sp³-hybridized carbons (Fsp3) is 0.333. The molecule has 0 aliphatic carbocycles. The number of piperidine rings is 1. The zero-order chi connectivity index (χ0) is 16.9. The highest BCUT2D eigenvalue weighted by Crippen LogP contribution is 2.15. The van der Waals surface area contributed by atoms with Gasteiger partial charge in [0.1, 0.15) is 6.26 Å². The van der Waals surface area contributed by atoms with Crippen LogP contribution in [-0.4, -0.2) is 35.8 Å². The van der Waals surface area contributed by atoms with Crippen LogP contribution in [0, 0.1) is 0 Å². The van der Waals surface area contributed by atoms with Crippen molar-refractivity contribution in [3.63, 3.8) is 0 Å². The van der Waals surface area contributed by atoms with E-state index in [1.54, 1.807) is 23.1 Å². The number of hydrogen-bond acceptors (Lipinski definition) is 3. The molecule has 1 aromatic heterocycles. The number of benzene rings is 1. The lowest BCUT2D eigenvalue weighted by atomic mass is 10.0. The van der Waals surface area contributed by atoms with Gasteiger partial charge in [-0.1, -0.05) is 23.7 Å². The Bertz CT molecular complexity index is 690. The quantitative estimate of drug-likeness (QED) is 0.925. The summed E-state index contributed by atoms with van der Waals surface area (Å²) in [4.78, 5) is 26.2. The van der Waals surface area contributed by atoms with Gasteiger partial charge in [0.25, 0.3) is 5.91 Å². The van der Waals surface area contributed by atoms with Crippen molar-refractivity contribution >= 4 is 23.4 Å². The summed E-state index contributed by atoms with van der Waals surface area (Å²) in [5.74, 6) is -0.0216. The molecule has 5 nitrogen and oxygen atoms in total. The number of nitrogens with one attached hydrogen (secondary N) is 1. The van der Waals surface area contributed by atoms with E-state index < -0.39 is 0 Å². The molecule has 0 unspecified atom stereocenters. The molecule has 0 spiro atoms. The highest BCUT2D eigenvalue weighted by Gasteiger charge is 2.25. The van der Waals surface area contributed by atoms with E-state index in [-0.39, 0.29) is 17.9 Å². The van der Waals surface area contributed by atoms with Gasteiger partial charge in [0, 0.05) is 24.2 Å². The van der Waals surface area contributed by atoms with Crippen LogP contribution in [0.4, 0.5) is 0 Å². The molecule has 3 rings (SSSR count). The van der Waals surface area contributed by atoms with Crippen LogP contribution in [0.5, 0.6) is 0 Å². The minimum atomic E-state index is -0.0188. The first-order valence-electron chi connectivity index (χ1n) is 7.97. The SMILES string of the molecule is O=C(Cc1ccc(Cl)cc1)NC1CCN(C(=O)c2ccoc2)CC1. The number of carbonyl (C=O) groups is 2. The molecule has 0 atom stereocenters. The van der Waals surface area contributed by atoms with Gasteiger partial charge in [0.15, 0.2) is 0 Å². The molecule has 0 radical (unpaired) electrons. The van der Waals surface area contributed by atoms with Crippen LogP contribution >= 0.6 is 11.6 Å². The van der Waals surface area contributed by atoms with E-state index in [9.17, 15) is 9.59 Å². The molecule has 1 aliphatic rings. The molecule has 1 aromatic carbocycles. The van der Waals surface area contributed by atoms with Crippen molar-refractivity contribution in [2.24, 2.45) is 0 Å². The first-order valence-corrected chi connectivity index (χ1v) is 8.35. The van der Waals surface area contributed by atoms with Gasteiger partial charge in [0.2, 0.25) is 5.91 Å². The van der Waals surface area contributed by atoms with Gasteiger partial charge in [-0.15, -0.1) is 0 Å². The van der Waals surface area contributed by atoms with E-state index in [1.165, 1.54) is 12.5 Å². The molecule has 126 valence electrons. The van der Waals surface area contributed by atoms with Crippen LogP contribution in [0.15, 0.2) is 47.3 Å². The number of halogens is 1. The van der Waals surface area contributed by atoms with Crippen molar-refractivity contribution in [3.05, 3.63) is 59.0 Å². The standard InChI is InChI=1S/C18H19ClN2O3/c19-15-3-1-13(2-4-15)11-17(22)20-16-5-8-21(9-6-16)18(23)14-7-10-24-12-14/h1-4,7,10,12,16H,5-6,8-9,11H2,(H,20,22). The predicted molar refractivity (Wildman–Crippen MR) is 90.9 cm³/mol. The van der Waals surface area contributed by atoms with Gasteiger partial charge in [0.05, 0.1) is 18.2 Å². The average molecular weight is 347 g/mol. The monoisotopic (exact) mass is 346 g/mol. The van der Waals surface area contributed by atoms with E-state index in [4.69, 9.17) is 16.0 Å². The molecule has 2 amide bonds. The van der Waals surface area contributed by atoms with Gasteiger partial charge in [-0.05, 0) is 36.6 Å². The van der Waals surface area contributed by atoms with Gasteiger partial charge >= 0.3 is 0 Å². The summed E-state index contributed by atoms with van der Waals surface area (Å²) in [7, 11) is 0. The molecule has 1 aliphatic heterocycles. The Labute approximate surface area is 145 Å². The molecule has 1 fully saturated rings. The molecule has 24 heavy (non-hydrogen) atoms. The van der Waals surface area contributed by atoms with Crippen LogP contribution < -0.4 is 5.32 Å². The lowest BCUT2D eigenvalue weighted by Crippen LogP contribution is -2.46. The van der Waals surface area contributed by atoms with E-state index in [1.807, 2.05) is 12.1 Å². The van der Waals surface area contributed by atoms with E-state index >= 15 is 0 Å². The lowest BCUT2D eigenvalue weighted by molar-refractivity contribution is -0.121. The van der Waals surface area contributed by atoms with E-state index in [0.717, 1.165) is 18.4 Å².